The van der Waals surface area contributed by atoms with Crippen LogP contribution >= 0.6 is 23.4 Å². The molecule has 0 aliphatic heterocycles. The van der Waals surface area contributed by atoms with E-state index >= 15 is 0 Å². The standard InChI is InChI=1S/C21H21ClN2O4S/c1-13(21(27)28)12-20(26)23-15-6-8-16(9-7-15)29-11-10-19(25)24-18-5-3-4-17(22)14(18)2/h3-9,12H,10-11H2,1-2H3,(H,23,26)(H,24,25)(H,27,28)/b13-12-. The lowest BCUT2D eigenvalue weighted by atomic mass is 10.2. The molecule has 0 spiro atoms. The van der Waals surface area contributed by atoms with E-state index < -0.39 is 11.9 Å². The molecular weight excluding hydrogens is 412 g/mol. The van der Waals surface area contributed by atoms with Crippen LogP contribution in [0.2, 0.25) is 5.02 Å². The number of carbonyl (C=O) groups excluding carboxylic acids is 2. The van der Waals surface area contributed by atoms with Gasteiger partial charge in [-0.3, -0.25) is 9.59 Å². The summed E-state index contributed by atoms with van der Waals surface area (Å²) in [5.74, 6) is -1.13. The topological polar surface area (TPSA) is 95.5 Å². The van der Waals surface area contributed by atoms with Crippen molar-refractivity contribution in [2.45, 2.75) is 25.2 Å². The average Bonchev–Trinajstić information content (AvgIpc) is 2.66. The fraction of sp³-hybridized carbons (Fsp3) is 0.190. The maximum atomic E-state index is 12.1. The van der Waals surface area contributed by atoms with Crippen molar-refractivity contribution in [3.63, 3.8) is 0 Å². The second-order valence-electron chi connectivity index (χ2n) is 6.21. The van der Waals surface area contributed by atoms with Crippen LogP contribution in [0.4, 0.5) is 11.4 Å². The molecule has 3 N–H and O–H groups in total. The number of hydrogen-bond acceptors (Lipinski definition) is 4. The number of hydrogen-bond donors (Lipinski definition) is 3. The van der Waals surface area contributed by atoms with Gasteiger partial charge in [-0.15, -0.1) is 11.8 Å². The number of halogens is 1. The molecule has 0 saturated heterocycles. The quantitative estimate of drug-likeness (QED) is 0.413. The summed E-state index contributed by atoms with van der Waals surface area (Å²) in [6.07, 6.45) is 1.37. The van der Waals surface area contributed by atoms with Crippen LogP contribution in [0.5, 0.6) is 0 Å². The van der Waals surface area contributed by atoms with Crippen molar-refractivity contribution >= 4 is 52.5 Å². The molecule has 0 fully saturated rings. The average molecular weight is 433 g/mol. The molecule has 0 unspecified atom stereocenters. The van der Waals surface area contributed by atoms with Crippen LogP contribution < -0.4 is 10.6 Å². The fourth-order valence-corrected chi connectivity index (χ4v) is 3.31. The van der Waals surface area contributed by atoms with Crippen LogP contribution in [0, 0.1) is 6.92 Å². The van der Waals surface area contributed by atoms with Gasteiger partial charge in [0.1, 0.15) is 0 Å². The van der Waals surface area contributed by atoms with Crippen LogP contribution in [-0.4, -0.2) is 28.6 Å². The number of anilines is 2. The molecule has 0 aromatic heterocycles. The van der Waals surface area contributed by atoms with Crippen LogP contribution in [-0.2, 0) is 14.4 Å². The Morgan fingerprint density at radius 3 is 2.45 bits per heavy atom. The van der Waals surface area contributed by atoms with E-state index in [0.717, 1.165) is 16.5 Å². The largest absolute Gasteiger partial charge is 0.478 e. The second-order valence-corrected chi connectivity index (χ2v) is 7.78. The van der Waals surface area contributed by atoms with Gasteiger partial charge in [-0.05, 0) is 55.8 Å². The monoisotopic (exact) mass is 432 g/mol. The minimum atomic E-state index is -1.14. The maximum absolute atomic E-state index is 12.1. The van der Waals surface area contributed by atoms with E-state index in [1.807, 2.05) is 25.1 Å². The Labute approximate surface area is 178 Å². The third-order valence-corrected chi connectivity index (χ3v) is 5.37. The van der Waals surface area contributed by atoms with Crippen molar-refractivity contribution < 1.29 is 19.5 Å². The van der Waals surface area contributed by atoms with Crippen molar-refractivity contribution in [1.82, 2.24) is 0 Å². The molecule has 2 aromatic carbocycles. The fourth-order valence-electron chi connectivity index (χ4n) is 2.29. The summed E-state index contributed by atoms with van der Waals surface area (Å²) >= 11 is 7.57. The number of nitrogens with one attached hydrogen (secondary N) is 2. The maximum Gasteiger partial charge on any atom is 0.331 e. The normalized spacial score (nSPS) is 11.1. The smallest absolute Gasteiger partial charge is 0.331 e. The highest BCUT2D eigenvalue weighted by atomic mass is 35.5. The summed E-state index contributed by atoms with van der Waals surface area (Å²) in [7, 11) is 0. The molecule has 8 heteroatoms. The van der Waals surface area contributed by atoms with E-state index in [1.165, 1.54) is 18.7 Å². The van der Waals surface area contributed by atoms with Crippen LogP contribution in [0.15, 0.2) is 59.0 Å². The molecule has 6 nitrogen and oxygen atoms in total. The first-order chi connectivity index (χ1) is 13.8. The van der Waals surface area contributed by atoms with Gasteiger partial charge in [0.05, 0.1) is 0 Å². The predicted octanol–water partition coefficient (Wildman–Crippen LogP) is 4.74. The van der Waals surface area contributed by atoms with Gasteiger partial charge in [-0.2, -0.15) is 0 Å². The molecule has 0 bridgehead atoms. The zero-order valence-corrected chi connectivity index (χ0v) is 17.6. The Kier molecular flexibility index (Phi) is 8.30. The summed E-state index contributed by atoms with van der Waals surface area (Å²) in [5.41, 5.74) is 2.06. The van der Waals surface area contributed by atoms with Crippen LogP contribution in [0.1, 0.15) is 18.9 Å². The number of rotatable bonds is 8. The summed E-state index contributed by atoms with van der Waals surface area (Å²) in [6.45, 7) is 3.21. The van der Waals surface area contributed by atoms with Crippen LogP contribution in [0.3, 0.4) is 0 Å². The van der Waals surface area contributed by atoms with Gasteiger partial charge in [-0.1, -0.05) is 17.7 Å². The van der Waals surface area contributed by atoms with E-state index in [2.05, 4.69) is 10.6 Å². The van der Waals surface area contributed by atoms with Crippen molar-refractivity contribution in [2.75, 3.05) is 16.4 Å². The summed E-state index contributed by atoms with van der Waals surface area (Å²) in [5, 5.41) is 14.9. The SMILES string of the molecule is C/C(=C/C(=O)Nc1ccc(SCCC(=O)Nc2cccc(Cl)c2C)cc1)C(=O)O. The van der Waals surface area contributed by atoms with E-state index in [0.29, 0.717) is 28.6 Å². The first-order valence-corrected chi connectivity index (χ1v) is 10.1. The number of carbonyl (C=O) groups is 3. The Hall–Kier alpha value is -2.77. The summed E-state index contributed by atoms with van der Waals surface area (Å²) < 4.78 is 0. The predicted molar refractivity (Wildman–Crippen MR) is 117 cm³/mol. The third kappa shape index (κ3) is 7.29. The van der Waals surface area contributed by atoms with Crippen molar-refractivity contribution in [1.29, 1.82) is 0 Å². The van der Waals surface area contributed by atoms with Gasteiger partial charge in [0.15, 0.2) is 0 Å². The lowest BCUT2D eigenvalue weighted by molar-refractivity contribution is -0.132. The molecule has 152 valence electrons. The van der Waals surface area contributed by atoms with E-state index in [1.54, 1.807) is 24.3 Å². The molecule has 0 saturated carbocycles. The Bertz CT molecular complexity index is 942. The molecule has 2 rings (SSSR count). The minimum absolute atomic E-state index is 0.0408. The Morgan fingerprint density at radius 1 is 1.10 bits per heavy atom. The highest BCUT2D eigenvalue weighted by Gasteiger charge is 2.08. The molecular formula is C21H21ClN2O4S. The summed E-state index contributed by atoms with van der Waals surface area (Å²) in [6, 6.07) is 12.5. The van der Waals surface area contributed by atoms with Crippen molar-refractivity contribution in [2.24, 2.45) is 0 Å². The van der Waals surface area contributed by atoms with Crippen molar-refractivity contribution in [3.8, 4) is 0 Å². The number of carboxylic acid groups (broad SMARTS) is 1. The molecule has 0 radical (unpaired) electrons. The molecule has 0 aliphatic rings. The molecule has 0 heterocycles. The highest BCUT2D eigenvalue weighted by Crippen LogP contribution is 2.24. The lowest BCUT2D eigenvalue weighted by Gasteiger charge is -2.09. The summed E-state index contributed by atoms with van der Waals surface area (Å²) in [4.78, 5) is 35.5. The molecule has 2 amide bonds. The van der Waals surface area contributed by atoms with Gasteiger partial charge < -0.3 is 15.7 Å². The zero-order chi connectivity index (χ0) is 21.4. The molecule has 29 heavy (non-hydrogen) atoms. The number of benzene rings is 2. The number of aliphatic carboxylic acids is 1. The molecule has 0 aliphatic carbocycles. The van der Waals surface area contributed by atoms with Crippen molar-refractivity contribution in [3.05, 3.63) is 64.7 Å². The van der Waals surface area contributed by atoms with E-state index in [9.17, 15) is 14.4 Å². The van der Waals surface area contributed by atoms with Gasteiger partial charge in [0, 0.05) is 45.1 Å². The number of amides is 2. The van der Waals surface area contributed by atoms with Gasteiger partial charge in [0.25, 0.3) is 0 Å². The Morgan fingerprint density at radius 2 is 1.79 bits per heavy atom. The van der Waals surface area contributed by atoms with E-state index in [4.69, 9.17) is 16.7 Å². The first kappa shape index (κ1) is 22.5. The lowest BCUT2D eigenvalue weighted by Crippen LogP contribution is -2.13. The van der Waals surface area contributed by atoms with Gasteiger partial charge in [-0.25, -0.2) is 4.79 Å². The van der Waals surface area contributed by atoms with Crippen LogP contribution in [0.25, 0.3) is 0 Å². The van der Waals surface area contributed by atoms with Gasteiger partial charge >= 0.3 is 5.97 Å². The molecule has 0 atom stereocenters. The zero-order valence-electron chi connectivity index (χ0n) is 16.0. The number of thioether (sulfide) groups is 1. The number of carboxylic acids is 1. The highest BCUT2D eigenvalue weighted by molar-refractivity contribution is 7.99. The second kappa shape index (κ2) is 10.7. The van der Waals surface area contributed by atoms with E-state index in [-0.39, 0.29) is 11.5 Å². The molecule has 2 aromatic rings. The van der Waals surface area contributed by atoms with Gasteiger partial charge in [0.2, 0.25) is 11.8 Å². The minimum Gasteiger partial charge on any atom is -0.478 e. The third-order valence-electron chi connectivity index (χ3n) is 3.95. The Balaban J connectivity index is 1.80. The first-order valence-electron chi connectivity index (χ1n) is 8.76.